The smallest absolute Gasteiger partial charge is 0.0406 e. The molecule has 1 aliphatic carbocycles. The molecule has 0 radical (unpaired) electrons. The normalized spacial score (nSPS) is 15.9. The molecule has 0 amide bonds. The van der Waals surface area contributed by atoms with E-state index in [4.69, 9.17) is 11.6 Å². The minimum atomic E-state index is 0.485. The van der Waals surface area contributed by atoms with Crippen LogP contribution in [0.15, 0.2) is 59.5 Å². The van der Waals surface area contributed by atoms with Crippen LogP contribution in [0.5, 0.6) is 0 Å². The van der Waals surface area contributed by atoms with Crippen molar-refractivity contribution in [1.82, 2.24) is 5.32 Å². The van der Waals surface area contributed by atoms with Crippen LogP contribution in [0.4, 0.5) is 0 Å². The van der Waals surface area contributed by atoms with Crippen molar-refractivity contribution >= 4 is 23.4 Å². The first-order valence-electron chi connectivity index (χ1n) is 7.49. The number of rotatable bonds is 7. The number of nitrogens with one attached hydrogen (secondary N) is 1. The van der Waals surface area contributed by atoms with E-state index in [0.29, 0.717) is 6.04 Å². The summed E-state index contributed by atoms with van der Waals surface area (Å²) in [6, 6.07) is 19.4. The van der Waals surface area contributed by atoms with Crippen LogP contribution in [0.25, 0.3) is 0 Å². The quantitative estimate of drug-likeness (QED) is 0.558. The van der Waals surface area contributed by atoms with Gasteiger partial charge < -0.3 is 5.32 Å². The molecule has 1 fully saturated rings. The predicted molar refractivity (Wildman–Crippen MR) is 92.1 cm³/mol. The molecule has 1 saturated carbocycles. The van der Waals surface area contributed by atoms with Gasteiger partial charge in [-0.2, -0.15) is 0 Å². The molecule has 110 valence electrons. The Morgan fingerprint density at radius 2 is 1.76 bits per heavy atom. The van der Waals surface area contributed by atoms with Gasteiger partial charge in [0.15, 0.2) is 0 Å². The summed E-state index contributed by atoms with van der Waals surface area (Å²) < 4.78 is 0. The summed E-state index contributed by atoms with van der Waals surface area (Å²) in [4.78, 5) is 1.34. The third-order valence-electron chi connectivity index (χ3n) is 3.80. The van der Waals surface area contributed by atoms with Crippen LogP contribution in [0, 0.1) is 5.92 Å². The molecule has 1 aliphatic rings. The predicted octanol–water partition coefficient (Wildman–Crippen LogP) is 5.17. The van der Waals surface area contributed by atoms with Crippen LogP contribution >= 0.6 is 23.4 Å². The minimum Gasteiger partial charge on any atom is -0.309 e. The molecule has 1 N–H and O–H groups in total. The topological polar surface area (TPSA) is 12.0 Å². The van der Waals surface area contributed by atoms with Crippen LogP contribution in [0.2, 0.25) is 5.02 Å². The number of thioether (sulfide) groups is 1. The summed E-state index contributed by atoms with van der Waals surface area (Å²) in [6.07, 6.45) is 2.68. The lowest BCUT2D eigenvalue weighted by Gasteiger charge is -2.19. The molecule has 0 bridgehead atoms. The molecule has 2 aromatic carbocycles. The average molecular weight is 318 g/mol. The molecule has 0 spiro atoms. The molecule has 1 nitrogen and oxygen atoms in total. The highest BCUT2D eigenvalue weighted by atomic mass is 35.5. The molecule has 1 unspecified atom stereocenters. The first kappa shape index (κ1) is 15.0. The molecule has 0 aromatic heterocycles. The Morgan fingerprint density at radius 1 is 1.05 bits per heavy atom. The van der Waals surface area contributed by atoms with Crippen molar-refractivity contribution in [2.45, 2.75) is 23.8 Å². The number of benzene rings is 2. The van der Waals surface area contributed by atoms with Crippen molar-refractivity contribution < 1.29 is 0 Å². The number of hydrogen-bond acceptors (Lipinski definition) is 2. The first-order valence-corrected chi connectivity index (χ1v) is 8.86. The zero-order valence-corrected chi connectivity index (χ0v) is 13.5. The van der Waals surface area contributed by atoms with Crippen LogP contribution in [-0.4, -0.2) is 12.3 Å². The maximum atomic E-state index is 5.98. The molecule has 3 rings (SSSR count). The molecule has 2 aromatic rings. The third kappa shape index (κ3) is 4.50. The Bertz CT molecular complexity index is 551. The first-order chi connectivity index (χ1) is 10.3. The summed E-state index contributed by atoms with van der Waals surface area (Å²) in [7, 11) is 0. The van der Waals surface area contributed by atoms with E-state index in [1.807, 2.05) is 23.9 Å². The zero-order chi connectivity index (χ0) is 14.5. The lowest BCUT2D eigenvalue weighted by molar-refractivity contribution is 0.498. The van der Waals surface area contributed by atoms with Crippen molar-refractivity contribution in [3.8, 4) is 0 Å². The number of halogens is 1. The van der Waals surface area contributed by atoms with Gasteiger partial charge in [-0.3, -0.25) is 0 Å². The fourth-order valence-electron chi connectivity index (χ4n) is 2.56. The van der Waals surface area contributed by atoms with Crippen molar-refractivity contribution in [3.63, 3.8) is 0 Å². The van der Waals surface area contributed by atoms with Gasteiger partial charge in [-0.15, -0.1) is 11.8 Å². The molecule has 3 heteroatoms. The van der Waals surface area contributed by atoms with Crippen molar-refractivity contribution in [3.05, 3.63) is 65.2 Å². The maximum absolute atomic E-state index is 5.98. The third-order valence-corrected chi connectivity index (χ3v) is 5.07. The van der Waals surface area contributed by atoms with Gasteiger partial charge in [0, 0.05) is 28.3 Å². The van der Waals surface area contributed by atoms with E-state index >= 15 is 0 Å². The van der Waals surface area contributed by atoms with Crippen LogP contribution in [0.1, 0.15) is 24.4 Å². The molecule has 0 heterocycles. The Morgan fingerprint density at radius 3 is 2.43 bits per heavy atom. The molecule has 21 heavy (non-hydrogen) atoms. The van der Waals surface area contributed by atoms with Crippen LogP contribution in [0.3, 0.4) is 0 Å². The molecule has 1 atom stereocenters. The van der Waals surface area contributed by atoms with Gasteiger partial charge in [-0.05, 0) is 48.6 Å². The Kier molecular flexibility index (Phi) is 5.23. The van der Waals surface area contributed by atoms with Gasteiger partial charge in [0.1, 0.15) is 0 Å². The van der Waals surface area contributed by atoms with Crippen molar-refractivity contribution in [1.29, 1.82) is 0 Å². The zero-order valence-electron chi connectivity index (χ0n) is 12.0. The van der Waals surface area contributed by atoms with Gasteiger partial charge in [-0.1, -0.05) is 41.9 Å². The fourth-order valence-corrected chi connectivity index (χ4v) is 3.49. The van der Waals surface area contributed by atoms with Crippen molar-refractivity contribution in [2.24, 2.45) is 5.92 Å². The largest absolute Gasteiger partial charge is 0.309 e. The fraction of sp³-hybridized carbons (Fsp3) is 0.333. The summed E-state index contributed by atoms with van der Waals surface area (Å²) >= 11 is 7.89. The van der Waals surface area contributed by atoms with E-state index in [0.717, 1.165) is 23.2 Å². The summed E-state index contributed by atoms with van der Waals surface area (Å²) in [5.74, 6) is 1.90. The maximum Gasteiger partial charge on any atom is 0.0406 e. The van der Waals surface area contributed by atoms with Gasteiger partial charge in [0.25, 0.3) is 0 Å². The highest BCUT2D eigenvalue weighted by molar-refractivity contribution is 7.99. The highest BCUT2D eigenvalue weighted by Gasteiger charge is 2.31. The monoisotopic (exact) mass is 317 g/mol. The summed E-state index contributed by atoms with van der Waals surface area (Å²) in [6.45, 7) is 1.03. The van der Waals surface area contributed by atoms with Gasteiger partial charge >= 0.3 is 0 Å². The Balaban J connectivity index is 1.51. The summed E-state index contributed by atoms with van der Waals surface area (Å²) in [5, 5.41) is 4.54. The van der Waals surface area contributed by atoms with Crippen LogP contribution in [-0.2, 0) is 0 Å². The van der Waals surface area contributed by atoms with Crippen LogP contribution < -0.4 is 5.32 Å². The van der Waals surface area contributed by atoms with Crippen molar-refractivity contribution in [2.75, 3.05) is 12.3 Å². The van der Waals surface area contributed by atoms with Gasteiger partial charge in [0.2, 0.25) is 0 Å². The van der Waals surface area contributed by atoms with E-state index in [9.17, 15) is 0 Å². The van der Waals surface area contributed by atoms with E-state index in [-0.39, 0.29) is 0 Å². The van der Waals surface area contributed by atoms with E-state index in [1.165, 1.54) is 23.3 Å². The lowest BCUT2D eigenvalue weighted by Crippen LogP contribution is -2.25. The SMILES string of the molecule is Clc1ccc(C(NCCSc2ccccc2)C2CC2)cc1. The Labute approximate surface area is 136 Å². The second-order valence-corrected chi connectivity index (χ2v) is 7.09. The van der Waals surface area contributed by atoms with Gasteiger partial charge in [0.05, 0.1) is 0 Å². The molecule has 0 saturated heterocycles. The lowest BCUT2D eigenvalue weighted by atomic mass is 10.0. The standard InChI is InChI=1S/C18H20ClNS/c19-16-10-8-15(9-11-16)18(14-6-7-14)20-12-13-21-17-4-2-1-3-5-17/h1-5,8-11,14,18,20H,6-7,12-13H2. The Hall–Kier alpha value is -0.960. The second kappa shape index (κ2) is 7.35. The summed E-state index contributed by atoms with van der Waals surface area (Å²) in [5.41, 5.74) is 1.37. The second-order valence-electron chi connectivity index (χ2n) is 5.48. The highest BCUT2D eigenvalue weighted by Crippen LogP contribution is 2.41. The number of hydrogen-bond donors (Lipinski definition) is 1. The minimum absolute atomic E-state index is 0.485. The van der Waals surface area contributed by atoms with Gasteiger partial charge in [-0.25, -0.2) is 0 Å². The molecule has 0 aliphatic heterocycles. The molecular formula is C18H20ClNS. The van der Waals surface area contributed by atoms with E-state index in [1.54, 1.807) is 0 Å². The molecular weight excluding hydrogens is 298 g/mol. The van der Waals surface area contributed by atoms with E-state index in [2.05, 4.69) is 47.8 Å². The van der Waals surface area contributed by atoms with E-state index < -0.39 is 0 Å². The average Bonchev–Trinajstić information content (AvgIpc) is 3.34.